The molecule has 1 aliphatic heterocycles. The van der Waals surface area contributed by atoms with Crippen molar-refractivity contribution in [1.29, 1.82) is 0 Å². The zero-order valence-corrected chi connectivity index (χ0v) is 33.8. The molecule has 2 aromatic heterocycles. The minimum atomic E-state index is -0.410. The molecule has 0 bridgehead atoms. The monoisotopic (exact) mass is 802 g/mol. The molecule has 6 heteroatoms. The van der Waals surface area contributed by atoms with E-state index in [0.717, 1.165) is 72.7 Å². The van der Waals surface area contributed by atoms with E-state index >= 15 is 0 Å². The van der Waals surface area contributed by atoms with Crippen LogP contribution < -0.4 is 15.5 Å². The lowest BCUT2D eigenvalue weighted by atomic mass is 9.95. The third-order valence-electron chi connectivity index (χ3n) is 11.9. The third-order valence-corrected chi connectivity index (χ3v) is 13.1. The standard InChI is InChI=1S/C55H38N4OS/c1-4-15-37(16-5-1)53-56-54(38-17-6-2-7-18-38)58-55(57-53)47-33-39(32-46-51-43-21-11-10-14-36(43)26-30-48(51)60-52(46)47)35-24-27-41(28-25-35)59(40-19-8-3-9-20-40)42-29-31-50-45(34-42)44-22-12-13-23-49(44)61-50/h1-34,53,55,57H,(H,56,58). The minimum absolute atomic E-state index is 0.183. The van der Waals surface area contributed by atoms with Gasteiger partial charge in [-0.25, -0.2) is 4.99 Å². The zero-order chi connectivity index (χ0) is 40.3. The first-order valence-corrected chi connectivity index (χ1v) is 21.5. The molecule has 2 unspecified atom stereocenters. The molecule has 1 aliphatic rings. The molecule has 61 heavy (non-hydrogen) atoms. The SMILES string of the molecule is c1ccc(C2=NC(c3cc(-c4ccc(N(c5ccccc5)c5ccc6sc7ccccc7c6c5)cc4)cc4c3oc3ccc5ccccc5c34)NC(c3ccccc3)N2)cc1. The Morgan fingerprint density at radius 2 is 1.16 bits per heavy atom. The molecule has 11 aromatic rings. The highest BCUT2D eigenvalue weighted by Gasteiger charge is 2.29. The van der Waals surface area contributed by atoms with Crippen LogP contribution in [0.1, 0.15) is 29.0 Å². The van der Waals surface area contributed by atoms with E-state index in [2.05, 4.69) is 216 Å². The average Bonchev–Trinajstić information content (AvgIpc) is 3.91. The quantitative estimate of drug-likeness (QED) is 0.169. The second-order valence-corrected chi connectivity index (χ2v) is 16.7. The maximum absolute atomic E-state index is 6.88. The fourth-order valence-electron chi connectivity index (χ4n) is 9.00. The van der Waals surface area contributed by atoms with Gasteiger partial charge in [-0.3, -0.25) is 5.32 Å². The van der Waals surface area contributed by atoms with Gasteiger partial charge in [0.25, 0.3) is 0 Å². The number of nitrogens with one attached hydrogen (secondary N) is 2. The van der Waals surface area contributed by atoms with E-state index in [9.17, 15) is 0 Å². The summed E-state index contributed by atoms with van der Waals surface area (Å²) in [6, 6.07) is 73.4. The van der Waals surface area contributed by atoms with Crippen molar-refractivity contribution in [3.05, 3.63) is 223 Å². The van der Waals surface area contributed by atoms with E-state index in [1.165, 1.54) is 30.9 Å². The van der Waals surface area contributed by atoms with Gasteiger partial charge >= 0.3 is 0 Å². The Kier molecular flexibility index (Phi) is 8.51. The lowest BCUT2D eigenvalue weighted by Gasteiger charge is -2.32. The maximum atomic E-state index is 6.88. The van der Waals surface area contributed by atoms with Crippen LogP contribution >= 0.6 is 11.3 Å². The van der Waals surface area contributed by atoms with Gasteiger partial charge in [-0.1, -0.05) is 140 Å². The van der Waals surface area contributed by atoms with Crippen LogP contribution in [0.5, 0.6) is 0 Å². The van der Waals surface area contributed by atoms with Gasteiger partial charge in [0.15, 0.2) is 0 Å². The Hall–Kier alpha value is -7.51. The summed E-state index contributed by atoms with van der Waals surface area (Å²) in [6.07, 6.45) is -0.593. The van der Waals surface area contributed by atoms with Crippen molar-refractivity contribution in [2.75, 3.05) is 4.90 Å². The molecule has 9 aromatic carbocycles. The summed E-state index contributed by atoms with van der Waals surface area (Å²) in [6.45, 7) is 0. The molecule has 12 rings (SSSR count). The third kappa shape index (κ3) is 6.24. The fourth-order valence-corrected chi connectivity index (χ4v) is 10.1. The first-order valence-electron chi connectivity index (χ1n) is 20.7. The second kappa shape index (κ2) is 14.6. The second-order valence-electron chi connectivity index (χ2n) is 15.6. The first-order chi connectivity index (χ1) is 30.2. The van der Waals surface area contributed by atoms with E-state index in [4.69, 9.17) is 9.41 Å². The molecule has 0 radical (unpaired) electrons. The number of benzene rings is 9. The molecule has 2 N–H and O–H groups in total. The number of thiophene rings is 1. The summed E-state index contributed by atoms with van der Waals surface area (Å²) in [7, 11) is 0. The summed E-state index contributed by atoms with van der Waals surface area (Å²) in [4.78, 5) is 7.73. The molecule has 0 fully saturated rings. The largest absolute Gasteiger partial charge is 0.456 e. The number of anilines is 3. The van der Waals surface area contributed by atoms with E-state index in [1.807, 2.05) is 17.4 Å². The number of hydrogen-bond donors (Lipinski definition) is 2. The molecule has 0 saturated heterocycles. The normalized spacial score (nSPS) is 15.4. The summed E-state index contributed by atoms with van der Waals surface area (Å²) in [5, 5.41) is 14.6. The van der Waals surface area contributed by atoms with Crippen LogP contribution in [0.25, 0.3) is 64.0 Å². The minimum Gasteiger partial charge on any atom is -0.456 e. The molecule has 3 heterocycles. The summed E-state index contributed by atoms with van der Waals surface area (Å²) < 4.78 is 9.47. The molecule has 0 spiro atoms. The summed E-state index contributed by atoms with van der Waals surface area (Å²) in [5.74, 6) is 0.831. The van der Waals surface area contributed by atoms with E-state index in [0.29, 0.717) is 0 Å². The number of aliphatic imine (C=N–C) groups is 1. The molecule has 5 nitrogen and oxygen atoms in total. The summed E-state index contributed by atoms with van der Waals surface area (Å²) >= 11 is 1.84. The Bertz CT molecular complexity index is 3430. The molecule has 290 valence electrons. The summed E-state index contributed by atoms with van der Waals surface area (Å²) in [5.41, 5.74) is 10.3. The van der Waals surface area contributed by atoms with Gasteiger partial charge < -0.3 is 14.6 Å². The van der Waals surface area contributed by atoms with E-state index < -0.39 is 6.17 Å². The van der Waals surface area contributed by atoms with Crippen LogP contribution in [-0.4, -0.2) is 5.84 Å². The van der Waals surface area contributed by atoms with Crippen molar-refractivity contribution >= 4 is 87.1 Å². The molecule has 0 aliphatic carbocycles. The highest BCUT2D eigenvalue weighted by atomic mass is 32.1. The number of fused-ring (bicyclic) bond motifs is 8. The number of rotatable bonds is 7. The van der Waals surface area contributed by atoms with Gasteiger partial charge in [0.05, 0.1) is 0 Å². The van der Waals surface area contributed by atoms with Crippen molar-refractivity contribution in [3.8, 4) is 11.1 Å². The van der Waals surface area contributed by atoms with Gasteiger partial charge in [0, 0.05) is 59.1 Å². The molecular formula is C55H38N4OS. The average molecular weight is 803 g/mol. The van der Waals surface area contributed by atoms with Gasteiger partial charge in [0.2, 0.25) is 0 Å². The van der Waals surface area contributed by atoms with E-state index in [1.54, 1.807) is 0 Å². The Balaban J connectivity index is 1.02. The van der Waals surface area contributed by atoms with Crippen LogP contribution in [0.2, 0.25) is 0 Å². The van der Waals surface area contributed by atoms with Gasteiger partial charge in [-0.05, 0) is 94.2 Å². The van der Waals surface area contributed by atoms with Gasteiger partial charge in [0.1, 0.15) is 29.3 Å². The van der Waals surface area contributed by atoms with Crippen LogP contribution in [0.4, 0.5) is 17.1 Å². The van der Waals surface area contributed by atoms with Crippen molar-refractivity contribution in [2.24, 2.45) is 4.99 Å². The zero-order valence-electron chi connectivity index (χ0n) is 33.0. The fraction of sp³-hybridized carbons (Fsp3) is 0.0364. The Morgan fingerprint density at radius 3 is 1.98 bits per heavy atom. The van der Waals surface area contributed by atoms with Crippen LogP contribution in [0.15, 0.2) is 216 Å². The van der Waals surface area contributed by atoms with Crippen molar-refractivity contribution in [3.63, 3.8) is 0 Å². The number of hydrogen-bond acceptors (Lipinski definition) is 6. The van der Waals surface area contributed by atoms with Crippen molar-refractivity contribution in [2.45, 2.75) is 12.3 Å². The predicted octanol–water partition coefficient (Wildman–Crippen LogP) is 14.6. The molecular weight excluding hydrogens is 765 g/mol. The number of amidine groups is 1. The number of para-hydroxylation sites is 1. The number of nitrogens with zero attached hydrogens (tertiary/aromatic N) is 2. The van der Waals surface area contributed by atoms with Crippen LogP contribution in [0, 0.1) is 0 Å². The lowest BCUT2D eigenvalue weighted by molar-refractivity contribution is 0.408. The molecule has 0 saturated carbocycles. The molecule has 0 amide bonds. The highest BCUT2D eigenvalue weighted by Crippen LogP contribution is 2.44. The topological polar surface area (TPSA) is 52.8 Å². The first kappa shape index (κ1) is 35.4. The smallest absolute Gasteiger partial charge is 0.142 e. The van der Waals surface area contributed by atoms with Crippen molar-refractivity contribution in [1.82, 2.24) is 10.6 Å². The molecule has 2 atom stereocenters. The predicted molar refractivity (Wildman–Crippen MR) is 255 cm³/mol. The Morgan fingerprint density at radius 1 is 0.492 bits per heavy atom. The van der Waals surface area contributed by atoms with Crippen molar-refractivity contribution < 1.29 is 4.42 Å². The van der Waals surface area contributed by atoms with Gasteiger partial charge in [-0.15, -0.1) is 11.3 Å². The lowest BCUT2D eigenvalue weighted by Crippen LogP contribution is -2.45. The van der Waals surface area contributed by atoms with Crippen LogP contribution in [0.3, 0.4) is 0 Å². The highest BCUT2D eigenvalue weighted by molar-refractivity contribution is 7.25. The van der Waals surface area contributed by atoms with E-state index in [-0.39, 0.29) is 6.17 Å². The maximum Gasteiger partial charge on any atom is 0.142 e. The van der Waals surface area contributed by atoms with Gasteiger partial charge in [-0.2, -0.15) is 0 Å². The Labute approximate surface area is 356 Å². The van der Waals surface area contributed by atoms with Crippen LogP contribution in [-0.2, 0) is 0 Å². The number of furan rings is 1.